The summed E-state index contributed by atoms with van der Waals surface area (Å²) in [6, 6.07) is 0. The predicted molar refractivity (Wildman–Crippen MR) is 340 cm³/mol. The number of ether oxygens (including phenoxy) is 3. The molecular weight excluding hydrogens is 961 g/mol. The van der Waals surface area contributed by atoms with E-state index in [4.69, 9.17) is 14.2 Å². The van der Waals surface area contributed by atoms with Gasteiger partial charge in [-0.1, -0.05) is 353 Å². The van der Waals surface area contributed by atoms with Gasteiger partial charge in [0, 0.05) is 19.3 Å². The van der Waals surface area contributed by atoms with E-state index in [2.05, 4.69) is 45.1 Å². The van der Waals surface area contributed by atoms with Crippen LogP contribution >= 0.6 is 0 Å². The molecule has 0 aromatic rings. The fraction of sp³-hybridized carbons (Fsp3) is 0.903. The van der Waals surface area contributed by atoms with Gasteiger partial charge >= 0.3 is 17.9 Å². The quantitative estimate of drug-likeness (QED) is 0.0261. The van der Waals surface area contributed by atoms with Gasteiger partial charge in [0.2, 0.25) is 0 Å². The Balaban J connectivity index is 3.97. The lowest BCUT2D eigenvalue weighted by Gasteiger charge is -2.18. The summed E-state index contributed by atoms with van der Waals surface area (Å²) in [6.45, 7) is 6.65. The van der Waals surface area contributed by atoms with Crippen molar-refractivity contribution in [2.75, 3.05) is 13.2 Å². The van der Waals surface area contributed by atoms with Crippen LogP contribution in [0.5, 0.6) is 0 Å². The van der Waals surface area contributed by atoms with Crippen LogP contribution in [0, 0.1) is 0 Å². The molecule has 1 atom stereocenters. The second-order valence-electron chi connectivity index (χ2n) is 24.2. The third-order valence-corrected chi connectivity index (χ3v) is 16.2. The minimum absolute atomic E-state index is 0.0654. The molecule has 0 N–H and O–H groups in total. The number of carbonyl (C=O) groups excluding carboxylic acids is 3. The van der Waals surface area contributed by atoms with Crippen molar-refractivity contribution < 1.29 is 28.6 Å². The molecule has 460 valence electrons. The normalized spacial score (nSPS) is 12.1. The van der Waals surface area contributed by atoms with E-state index < -0.39 is 6.10 Å². The number of unbranched alkanes of at least 4 members (excludes halogenated alkanes) is 51. The predicted octanol–water partition coefficient (Wildman–Crippen LogP) is 24.2. The van der Waals surface area contributed by atoms with Gasteiger partial charge in [-0.3, -0.25) is 14.4 Å². The molecule has 0 amide bonds. The summed E-state index contributed by atoms with van der Waals surface area (Å²) in [5.41, 5.74) is 0. The van der Waals surface area contributed by atoms with Crippen LogP contribution in [0.25, 0.3) is 0 Å². The Hall–Kier alpha value is -2.11. The van der Waals surface area contributed by atoms with Crippen LogP contribution in [-0.2, 0) is 28.6 Å². The maximum Gasteiger partial charge on any atom is 0.306 e. The first-order valence-corrected chi connectivity index (χ1v) is 35.3. The average molecular weight is 1100 g/mol. The number of rotatable bonds is 66. The van der Waals surface area contributed by atoms with Crippen LogP contribution in [0.2, 0.25) is 0 Å². The summed E-state index contributed by atoms with van der Waals surface area (Å²) in [5.74, 6) is -0.846. The molecule has 0 heterocycles. The zero-order valence-corrected chi connectivity index (χ0v) is 53.0. The van der Waals surface area contributed by atoms with Crippen LogP contribution in [0.15, 0.2) is 24.3 Å². The second kappa shape index (κ2) is 67.4. The number of hydrogen-bond acceptors (Lipinski definition) is 6. The van der Waals surface area contributed by atoms with Gasteiger partial charge in [0.05, 0.1) is 0 Å². The Morgan fingerprint density at radius 1 is 0.256 bits per heavy atom. The van der Waals surface area contributed by atoms with E-state index >= 15 is 0 Å². The lowest BCUT2D eigenvalue weighted by Crippen LogP contribution is -2.30. The van der Waals surface area contributed by atoms with Gasteiger partial charge in [0.1, 0.15) is 13.2 Å². The second-order valence-corrected chi connectivity index (χ2v) is 24.2. The Bertz CT molecular complexity index is 1260. The molecule has 78 heavy (non-hydrogen) atoms. The van der Waals surface area contributed by atoms with Crippen LogP contribution < -0.4 is 0 Å². The maximum atomic E-state index is 12.9. The molecule has 0 rings (SSSR count). The third kappa shape index (κ3) is 64.7. The molecule has 0 saturated carbocycles. The zero-order chi connectivity index (χ0) is 56.4. The van der Waals surface area contributed by atoms with E-state index in [0.29, 0.717) is 19.3 Å². The first kappa shape index (κ1) is 75.9. The monoisotopic (exact) mass is 1100 g/mol. The molecule has 0 radical (unpaired) electrons. The van der Waals surface area contributed by atoms with E-state index in [-0.39, 0.29) is 31.1 Å². The summed E-state index contributed by atoms with van der Waals surface area (Å²) >= 11 is 0. The summed E-state index contributed by atoms with van der Waals surface area (Å²) in [7, 11) is 0. The number of hydrogen-bond donors (Lipinski definition) is 0. The van der Waals surface area contributed by atoms with Gasteiger partial charge < -0.3 is 14.2 Å². The highest BCUT2D eigenvalue weighted by atomic mass is 16.6. The number of allylic oxidation sites excluding steroid dienone is 4. The maximum absolute atomic E-state index is 12.9. The van der Waals surface area contributed by atoms with Gasteiger partial charge in [-0.25, -0.2) is 0 Å². The molecule has 0 bridgehead atoms. The van der Waals surface area contributed by atoms with Crippen molar-refractivity contribution in [2.45, 2.75) is 406 Å². The highest BCUT2D eigenvalue weighted by Gasteiger charge is 2.19. The number of esters is 3. The molecule has 0 saturated heterocycles. The van der Waals surface area contributed by atoms with Gasteiger partial charge in [0.15, 0.2) is 6.10 Å². The molecule has 0 aliphatic carbocycles. The van der Waals surface area contributed by atoms with Gasteiger partial charge in [0.25, 0.3) is 0 Å². The van der Waals surface area contributed by atoms with E-state index in [0.717, 1.165) is 64.2 Å². The molecule has 6 nitrogen and oxygen atoms in total. The molecule has 0 aliphatic heterocycles. The van der Waals surface area contributed by atoms with Crippen molar-refractivity contribution in [1.82, 2.24) is 0 Å². The molecule has 0 spiro atoms. The SMILES string of the molecule is CCCCCCC/C=C\C/C=C\CCCCCCCCCCCCCCCCCC(=O)OCC(COC(=O)CCCCCCCC)OC(=O)CCCCCCCCCCCCCCCCCCCCCCCCCCCCC. The summed E-state index contributed by atoms with van der Waals surface area (Å²) in [6.07, 6.45) is 82.6. The van der Waals surface area contributed by atoms with Crippen molar-refractivity contribution in [1.29, 1.82) is 0 Å². The van der Waals surface area contributed by atoms with Crippen LogP contribution in [-0.4, -0.2) is 37.2 Å². The Morgan fingerprint density at radius 2 is 0.462 bits per heavy atom. The lowest BCUT2D eigenvalue weighted by molar-refractivity contribution is -0.167. The van der Waals surface area contributed by atoms with Gasteiger partial charge in [-0.2, -0.15) is 0 Å². The first-order chi connectivity index (χ1) is 38.5. The van der Waals surface area contributed by atoms with Crippen molar-refractivity contribution in [3.05, 3.63) is 24.3 Å². The van der Waals surface area contributed by atoms with Gasteiger partial charge in [-0.05, 0) is 51.4 Å². The minimum atomic E-state index is -0.765. The zero-order valence-electron chi connectivity index (χ0n) is 53.0. The minimum Gasteiger partial charge on any atom is -0.462 e. The Kier molecular flexibility index (Phi) is 65.6. The first-order valence-electron chi connectivity index (χ1n) is 35.3. The Labute approximate surface area is 487 Å². The smallest absolute Gasteiger partial charge is 0.306 e. The molecular formula is C72H136O6. The average Bonchev–Trinajstić information content (AvgIpc) is 3.44. The lowest BCUT2D eigenvalue weighted by atomic mass is 10.0. The van der Waals surface area contributed by atoms with Crippen molar-refractivity contribution in [3.63, 3.8) is 0 Å². The standard InChI is InChI=1S/C72H136O6/c1-4-7-10-13-16-18-20-22-24-26-28-30-32-34-36-38-40-42-44-46-48-50-52-54-56-59-62-65-71(74)77-68-69(67-76-70(73)64-61-58-15-12-9-6-3)78-72(75)66-63-60-57-55-53-51-49-47-45-43-41-39-37-35-33-31-29-27-25-23-21-19-17-14-11-8-5-2/h20,22,26,28,69H,4-19,21,23-25,27,29-68H2,1-3H3/b22-20-,28-26-. The summed E-state index contributed by atoms with van der Waals surface area (Å²) in [5, 5.41) is 0. The fourth-order valence-corrected chi connectivity index (χ4v) is 10.9. The van der Waals surface area contributed by atoms with E-state index in [1.807, 2.05) is 0 Å². The van der Waals surface area contributed by atoms with E-state index in [1.165, 1.54) is 295 Å². The highest BCUT2D eigenvalue weighted by Crippen LogP contribution is 2.19. The molecule has 1 unspecified atom stereocenters. The fourth-order valence-electron chi connectivity index (χ4n) is 10.9. The summed E-state index contributed by atoms with van der Waals surface area (Å²) < 4.78 is 16.9. The van der Waals surface area contributed by atoms with Crippen LogP contribution in [0.3, 0.4) is 0 Å². The Morgan fingerprint density at radius 3 is 0.705 bits per heavy atom. The van der Waals surface area contributed by atoms with Crippen LogP contribution in [0.1, 0.15) is 400 Å². The molecule has 0 aliphatic rings. The third-order valence-electron chi connectivity index (χ3n) is 16.2. The summed E-state index contributed by atoms with van der Waals surface area (Å²) in [4.78, 5) is 38.1. The molecule has 0 aromatic heterocycles. The van der Waals surface area contributed by atoms with Crippen molar-refractivity contribution >= 4 is 17.9 Å². The van der Waals surface area contributed by atoms with Crippen LogP contribution in [0.4, 0.5) is 0 Å². The van der Waals surface area contributed by atoms with E-state index in [1.54, 1.807) is 0 Å². The number of carbonyl (C=O) groups is 3. The highest BCUT2D eigenvalue weighted by molar-refractivity contribution is 5.71. The van der Waals surface area contributed by atoms with Crippen molar-refractivity contribution in [3.8, 4) is 0 Å². The molecule has 6 heteroatoms. The van der Waals surface area contributed by atoms with Crippen molar-refractivity contribution in [2.24, 2.45) is 0 Å². The van der Waals surface area contributed by atoms with E-state index in [9.17, 15) is 14.4 Å². The molecule has 0 fully saturated rings. The largest absolute Gasteiger partial charge is 0.462 e. The topological polar surface area (TPSA) is 78.9 Å². The van der Waals surface area contributed by atoms with Gasteiger partial charge in [-0.15, -0.1) is 0 Å². The molecule has 0 aromatic carbocycles.